The molecule has 0 radical (unpaired) electrons. The number of carbonyl (C=O) groups is 1. The number of aryl methyl sites for hydroxylation is 1. The molecule has 0 fully saturated rings. The minimum absolute atomic E-state index is 0.00441. The number of para-hydroxylation sites is 1. The number of benzene rings is 3. The first kappa shape index (κ1) is 23.3. The minimum Gasteiger partial charge on any atom is -0.496 e. The van der Waals surface area contributed by atoms with E-state index in [9.17, 15) is 4.79 Å². The van der Waals surface area contributed by atoms with Crippen LogP contribution < -0.4 is 10.1 Å². The van der Waals surface area contributed by atoms with Crippen molar-refractivity contribution in [3.8, 4) is 28.3 Å². The highest BCUT2D eigenvalue weighted by Gasteiger charge is 2.19. The van der Waals surface area contributed by atoms with Gasteiger partial charge in [0.2, 0.25) is 0 Å². The lowest BCUT2D eigenvalue weighted by Crippen LogP contribution is -2.33. The van der Waals surface area contributed by atoms with E-state index in [1.807, 2.05) is 85.8 Å². The van der Waals surface area contributed by atoms with Crippen molar-refractivity contribution < 1.29 is 9.53 Å². The zero-order chi connectivity index (χ0) is 24.9. The summed E-state index contributed by atoms with van der Waals surface area (Å²) in [7, 11) is 1.64. The molecular formula is C30H28N4O2. The molecule has 180 valence electrons. The van der Waals surface area contributed by atoms with Gasteiger partial charge in [-0.2, -0.15) is 5.10 Å². The van der Waals surface area contributed by atoms with Crippen LogP contribution in [0.4, 0.5) is 0 Å². The van der Waals surface area contributed by atoms with Gasteiger partial charge in [0.25, 0.3) is 5.91 Å². The smallest absolute Gasteiger partial charge is 0.270 e. The van der Waals surface area contributed by atoms with Crippen molar-refractivity contribution >= 4 is 11.6 Å². The second-order valence-corrected chi connectivity index (χ2v) is 8.79. The van der Waals surface area contributed by atoms with Crippen LogP contribution in [0.15, 0.2) is 97.1 Å². The van der Waals surface area contributed by atoms with Crippen LogP contribution in [-0.2, 0) is 6.42 Å². The van der Waals surface area contributed by atoms with Crippen LogP contribution in [0, 0.1) is 0 Å². The maximum atomic E-state index is 13.3. The van der Waals surface area contributed by atoms with Gasteiger partial charge in [-0.3, -0.25) is 4.79 Å². The maximum Gasteiger partial charge on any atom is 0.270 e. The molecule has 1 amide bonds. The van der Waals surface area contributed by atoms with Gasteiger partial charge in [-0.1, -0.05) is 72.8 Å². The van der Waals surface area contributed by atoms with Crippen molar-refractivity contribution in [1.29, 1.82) is 0 Å². The topological polar surface area (TPSA) is 68.5 Å². The first-order valence-electron chi connectivity index (χ1n) is 12.1. The molecule has 0 bridgehead atoms. The Kier molecular flexibility index (Phi) is 6.76. The molecule has 36 heavy (non-hydrogen) atoms. The molecule has 0 saturated heterocycles. The number of hydrogen-bond acceptors (Lipinski definition) is 4. The quantitative estimate of drug-likeness (QED) is 0.306. The van der Waals surface area contributed by atoms with E-state index >= 15 is 0 Å². The van der Waals surface area contributed by atoms with Crippen molar-refractivity contribution in [2.24, 2.45) is 0 Å². The van der Waals surface area contributed by atoms with Crippen molar-refractivity contribution in [3.63, 3.8) is 0 Å². The van der Waals surface area contributed by atoms with E-state index in [1.165, 1.54) is 5.56 Å². The van der Waals surface area contributed by atoms with E-state index < -0.39 is 0 Å². The Labute approximate surface area is 210 Å². The molecule has 0 spiro atoms. The second-order valence-electron chi connectivity index (χ2n) is 8.79. The third-order valence-electron chi connectivity index (χ3n) is 6.20. The number of ether oxygens (including phenoxy) is 1. The normalized spacial score (nSPS) is 11.8. The largest absolute Gasteiger partial charge is 0.496 e. The Morgan fingerprint density at radius 2 is 1.64 bits per heavy atom. The summed E-state index contributed by atoms with van der Waals surface area (Å²) >= 11 is 0. The summed E-state index contributed by atoms with van der Waals surface area (Å²) in [5.74, 6) is 0.487. The van der Waals surface area contributed by atoms with Gasteiger partial charge in [-0.05, 0) is 43.5 Å². The van der Waals surface area contributed by atoms with Gasteiger partial charge in [0, 0.05) is 23.2 Å². The molecule has 0 aliphatic rings. The standard InChI is InChI=1S/C30H28N4O2/c1-21(17-18-22-11-5-3-6-12-22)31-30(35)26-19-27(24-15-9-10-16-28(24)36-2)34-29(32-26)20-25(33-34)23-13-7-4-8-14-23/h3-16,19-21H,17-18H2,1-2H3,(H,31,35)/t21-/m0/s1. The summed E-state index contributed by atoms with van der Waals surface area (Å²) in [4.78, 5) is 18.0. The summed E-state index contributed by atoms with van der Waals surface area (Å²) in [5.41, 5.74) is 5.53. The van der Waals surface area contributed by atoms with Gasteiger partial charge in [-0.25, -0.2) is 9.50 Å². The molecular weight excluding hydrogens is 448 g/mol. The average Bonchev–Trinajstić information content (AvgIpc) is 3.37. The predicted octanol–water partition coefficient (Wildman–Crippen LogP) is 5.82. The van der Waals surface area contributed by atoms with Crippen LogP contribution in [-0.4, -0.2) is 33.7 Å². The molecule has 2 heterocycles. The van der Waals surface area contributed by atoms with Crippen LogP contribution >= 0.6 is 0 Å². The highest BCUT2D eigenvalue weighted by atomic mass is 16.5. The Morgan fingerprint density at radius 3 is 2.39 bits per heavy atom. The average molecular weight is 477 g/mol. The SMILES string of the molecule is COc1ccccc1-c1cc(C(=O)N[C@@H](C)CCc2ccccc2)nc2cc(-c3ccccc3)nn12. The molecule has 5 aromatic rings. The number of carbonyl (C=O) groups excluding carboxylic acids is 1. The summed E-state index contributed by atoms with van der Waals surface area (Å²) in [6.07, 6.45) is 1.73. The number of methoxy groups -OCH3 is 1. The molecule has 3 aromatic carbocycles. The highest BCUT2D eigenvalue weighted by Crippen LogP contribution is 2.31. The van der Waals surface area contributed by atoms with E-state index in [4.69, 9.17) is 9.84 Å². The Hall–Kier alpha value is -4.45. The number of aromatic nitrogens is 3. The lowest BCUT2D eigenvalue weighted by atomic mass is 10.1. The Balaban J connectivity index is 1.50. The molecule has 2 aromatic heterocycles. The van der Waals surface area contributed by atoms with E-state index in [0.717, 1.165) is 35.4 Å². The molecule has 0 aliphatic carbocycles. The maximum absolute atomic E-state index is 13.3. The van der Waals surface area contributed by atoms with Crippen LogP contribution in [0.25, 0.3) is 28.2 Å². The van der Waals surface area contributed by atoms with Crippen molar-refractivity contribution in [1.82, 2.24) is 19.9 Å². The van der Waals surface area contributed by atoms with E-state index in [1.54, 1.807) is 17.7 Å². The van der Waals surface area contributed by atoms with E-state index in [2.05, 4.69) is 22.4 Å². The number of nitrogens with one attached hydrogen (secondary N) is 1. The number of rotatable bonds is 8. The minimum atomic E-state index is -0.211. The van der Waals surface area contributed by atoms with Crippen molar-refractivity contribution in [2.75, 3.05) is 7.11 Å². The molecule has 0 unspecified atom stereocenters. The number of nitrogens with zero attached hydrogens (tertiary/aromatic N) is 3. The molecule has 0 aliphatic heterocycles. The lowest BCUT2D eigenvalue weighted by Gasteiger charge is -2.15. The van der Waals surface area contributed by atoms with E-state index in [0.29, 0.717) is 17.1 Å². The van der Waals surface area contributed by atoms with Crippen LogP contribution in [0.5, 0.6) is 5.75 Å². The molecule has 5 rings (SSSR count). The second kappa shape index (κ2) is 10.4. The molecule has 1 N–H and O–H groups in total. The van der Waals surface area contributed by atoms with Gasteiger partial charge >= 0.3 is 0 Å². The molecule has 6 nitrogen and oxygen atoms in total. The fraction of sp³-hybridized carbons (Fsp3) is 0.167. The van der Waals surface area contributed by atoms with Gasteiger partial charge in [-0.15, -0.1) is 0 Å². The first-order chi connectivity index (χ1) is 17.6. The summed E-state index contributed by atoms with van der Waals surface area (Å²) in [5, 5.41) is 7.94. The first-order valence-corrected chi connectivity index (χ1v) is 12.1. The van der Waals surface area contributed by atoms with E-state index in [-0.39, 0.29) is 11.9 Å². The van der Waals surface area contributed by atoms with Gasteiger partial charge in [0.1, 0.15) is 11.4 Å². The Bertz CT molecular complexity index is 1480. The third kappa shape index (κ3) is 4.98. The summed E-state index contributed by atoms with van der Waals surface area (Å²) in [6, 6.07) is 31.6. The zero-order valence-electron chi connectivity index (χ0n) is 20.4. The number of fused-ring (bicyclic) bond motifs is 1. The number of amides is 1. The fourth-order valence-electron chi connectivity index (χ4n) is 4.29. The lowest BCUT2D eigenvalue weighted by molar-refractivity contribution is 0.0933. The molecule has 0 saturated carbocycles. The highest BCUT2D eigenvalue weighted by molar-refractivity contribution is 5.94. The van der Waals surface area contributed by atoms with Gasteiger partial charge in [0.05, 0.1) is 18.5 Å². The fourth-order valence-corrected chi connectivity index (χ4v) is 4.29. The van der Waals surface area contributed by atoms with Gasteiger partial charge in [0.15, 0.2) is 5.65 Å². The summed E-state index contributed by atoms with van der Waals surface area (Å²) < 4.78 is 7.39. The predicted molar refractivity (Wildman–Crippen MR) is 142 cm³/mol. The van der Waals surface area contributed by atoms with Crippen molar-refractivity contribution in [2.45, 2.75) is 25.8 Å². The van der Waals surface area contributed by atoms with Gasteiger partial charge < -0.3 is 10.1 Å². The van der Waals surface area contributed by atoms with Crippen LogP contribution in [0.3, 0.4) is 0 Å². The third-order valence-corrected chi connectivity index (χ3v) is 6.20. The Morgan fingerprint density at radius 1 is 0.944 bits per heavy atom. The molecule has 1 atom stereocenters. The number of hydrogen-bond donors (Lipinski definition) is 1. The molecule has 6 heteroatoms. The summed E-state index contributed by atoms with van der Waals surface area (Å²) in [6.45, 7) is 2.02. The van der Waals surface area contributed by atoms with Crippen LogP contribution in [0.2, 0.25) is 0 Å². The van der Waals surface area contributed by atoms with Crippen LogP contribution in [0.1, 0.15) is 29.4 Å². The zero-order valence-corrected chi connectivity index (χ0v) is 20.4. The van der Waals surface area contributed by atoms with Crippen molar-refractivity contribution in [3.05, 3.63) is 108 Å². The monoisotopic (exact) mass is 476 g/mol.